The Morgan fingerprint density at radius 1 is 1.35 bits per heavy atom. The molecule has 1 nitrogen and oxygen atoms in total. The minimum absolute atomic E-state index is 0.0786. The van der Waals surface area contributed by atoms with Crippen molar-refractivity contribution in [2.45, 2.75) is 52.5 Å². The first-order valence-electron chi connectivity index (χ1n) is 6.79. The van der Waals surface area contributed by atoms with Crippen LogP contribution in [0.2, 0.25) is 0 Å². The lowest BCUT2D eigenvalue weighted by Crippen LogP contribution is -2.49. The second kappa shape index (κ2) is 4.74. The summed E-state index contributed by atoms with van der Waals surface area (Å²) in [7, 11) is 0. The zero-order chi connectivity index (χ0) is 12.6. The van der Waals surface area contributed by atoms with Crippen molar-refractivity contribution < 1.29 is 0 Å². The van der Waals surface area contributed by atoms with E-state index in [-0.39, 0.29) is 5.54 Å². The average molecular weight is 251 g/mol. The molecule has 1 fully saturated rings. The highest BCUT2D eigenvalue weighted by Gasteiger charge is 2.43. The van der Waals surface area contributed by atoms with Crippen molar-refractivity contribution in [2.75, 3.05) is 0 Å². The summed E-state index contributed by atoms with van der Waals surface area (Å²) in [6, 6.07) is 4.47. The largest absolute Gasteiger partial charge is 0.320 e. The molecule has 1 aliphatic rings. The van der Waals surface area contributed by atoms with Gasteiger partial charge in [0.25, 0.3) is 0 Å². The summed E-state index contributed by atoms with van der Waals surface area (Å²) in [6.45, 7) is 9.16. The number of rotatable bonds is 2. The van der Waals surface area contributed by atoms with E-state index < -0.39 is 0 Å². The number of hydrogen-bond acceptors (Lipinski definition) is 2. The maximum Gasteiger partial charge on any atom is 0.0537 e. The number of nitrogens with two attached hydrogens (primary N) is 1. The van der Waals surface area contributed by atoms with Crippen molar-refractivity contribution in [2.24, 2.45) is 23.5 Å². The van der Waals surface area contributed by atoms with Crippen LogP contribution in [0.1, 0.15) is 49.8 Å². The maximum absolute atomic E-state index is 6.84. The van der Waals surface area contributed by atoms with Crippen LogP contribution in [0.25, 0.3) is 0 Å². The first kappa shape index (κ1) is 13.1. The van der Waals surface area contributed by atoms with Gasteiger partial charge in [0.15, 0.2) is 0 Å². The van der Waals surface area contributed by atoms with Gasteiger partial charge in [0.2, 0.25) is 0 Å². The van der Waals surface area contributed by atoms with E-state index in [0.29, 0.717) is 11.8 Å². The molecule has 2 N–H and O–H groups in total. The second-order valence-corrected chi connectivity index (χ2v) is 7.48. The lowest BCUT2D eigenvalue weighted by atomic mass is 9.65. The molecule has 17 heavy (non-hydrogen) atoms. The smallest absolute Gasteiger partial charge is 0.0537 e. The maximum atomic E-state index is 6.84. The van der Waals surface area contributed by atoms with E-state index in [1.165, 1.54) is 22.6 Å². The van der Waals surface area contributed by atoms with Crippen LogP contribution >= 0.6 is 11.3 Å². The number of thiophene rings is 1. The van der Waals surface area contributed by atoms with Crippen molar-refractivity contribution in [3.8, 4) is 0 Å². The SMILES string of the molecule is Cc1ccc(C2(N)CC(C)CCC2C(C)C)s1. The van der Waals surface area contributed by atoms with Crippen molar-refractivity contribution in [1.29, 1.82) is 0 Å². The van der Waals surface area contributed by atoms with Gasteiger partial charge < -0.3 is 5.73 Å². The van der Waals surface area contributed by atoms with Crippen LogP contribution in [0.3, 0.4) is 0 Å². The molecule has 0 amide bonds. The van der Waals surface area contributed by atoms with Gasteiger partial charge in [-0.25, -0.2) is 0 Å². The summed E-state index contributed by atoms with van der Waals surface area (Å²) in [4.78, 5) is 2.78. The third kappa shape index (κ3) is 2.43. The van der Waals surface area contributed by atoms with Crippen molar-refractivity contribution >= 4 is 11.3 Å². The fourth-order valence-electron chi connectivity index (χ4n) is 3.45. The topological polar surface area (TPSA) is 26.0 Å². The molecular formula is C15H25NS. The molecule has 2 heteroatoms. The summed E-state index contributed by atoms with van der Waals surface area (Å²) < 4.78 is 0. The Kier molecular flexibility index (Phi) is 3.65. The van der Waals surface area contributed by atoms with Crippen molar-refractivity contribution in [1.82, 2.24) is 0 Å². The predicted molar refractivity (Wildman–Crippen MR) is 76.3 cm³/mol. The molecule has 1 aliphatic carbocycles. The van der Waals surface area contributed by atoms with Crippen LogP contribution in [-0.2, 0) is 5.54 Å². The molecule has 1 saturated carbocycles. The van der Waals surface area contributed by atoms with Gasteiger partial charge in [-0.05, 0) is 49.7 Å². The Balaban J connectivity index is 2.35. The highest BCUT2D eigenvalue weighted by molar-refractivity contribution is 7.12. The Morgan fingerprint density at radius 2 is 2.06 bits per heavy atom. The van der Waals surface area contributed by atoms with Gasteiger partial charge in [0, 0.05) is 9.75 Å². The minimum Gasteiger partial charge on any atom is -0.320 e. The first-order chi connectivity index (χ1) is 7.93. The molecule has 1 aromatic rings. The fraction of sp³-hybridized carbons (Fsp3) is 0.733. The Morgan fingerprint density at radius 3 is 2.59 bits per heavy atom. The zero-order valence-electron chi connectivity index (χ0n) is 11.5. The van der Waals surface area contributed by atoms with Crippen molar-refractivity contribution in [3.05, 3.63) is 21.9 Å². The predicted octanol–water partition coefficient (Wildman–Crippen LogP) is 4.30. The molecule has 3 unspecified atom stereocenters. The van der Waals surface area contributed by atoms with E-state index in [4.69, 9.17) is 5.73 Å². The molecule has 0 aliphatic heterocycles. The first-order valence-corrected chi connectivity index (χ1v) is 7.61. The molecule has 1 heterocycles. The van der Waals surface area contributed by atoms with E-state index in [1.54, 1.807) is 0 Å². The normalized spacial score (nSPS) is 34.2. The molecule has 0 radical (unpaired) electrons. The molecule has 0 bridgehead atoms. The van der Waals surface area contributed by atoms with E-state index >= 15 is 0 Å². The molecule has 0 aromatic carbocycles. The van der Waals surface area contributed by atoms with E-state index in [0.717, 1.165) is 12.3 Å². The van der Waals surface area contributed by atoms with E-state index in [9.17, 15) is 0 Å². The summed E-state index contributed by atoms with van der Waals surface area (Å²) >= 11 is 1.89. The summed E-state index contributed by atoms with van der Waals surface area (Å²) in [5.41, 5.74) is 6.76. The molecule has 0 saturated heterocycles. The summed E-state index contributed by atoms with van der Waals surface area (Å²) in [5.74, 6) is 2.07. The van der Waals surface area contributed by atoms with Crippen LogP contribution in [-0.4, -0.2) is 0 Å². The highest BCUT2D eigenvalue weighted by Crippen LogP contribution is 2.47. The van der Waals surface area contributed by atoms with Crippen LogP contribution in [0.15, 0.2) is 12.1 Å². The molecule has 2 rings (SSSR count). The molecule has 96 valence electrons. The minimum atomic E-state index is -0.0786. The summed E-state index contributed by atoms with van der Waals surface area (Å²) in [5, 5.41) is 0. The fourth-order valence-corrected chi connectivity index (χ4v) is 4.49. The van der Waals surface area contributed by atoms with Gasteiger partial charge in [-0.3, -0.25) is 0 Å². The van der Waals surface area contributed by atoms with Crippen LogP contribution < -0.4 is 5.73 Å². The van der Waals surface area contributed by atoms with Gasteiger partial charge in [-0.2, -0.15) is 0 Å². The standard InChI is InChI=1S/C15H25NS/c1-10(2)13-7-5-11(3)9-15(13,16)14-8-6-12(4)17-14/h6,8,10-11,13H,5,7,9,16H2,1-4H3. The molecule has 3 atom stereocenters. The van der Waals surface area contributed by atoms with Crippen LogP contribution in [0.4, 0.5) is 0 Å². The van der Waals surface area contributed by atoms with Crippen LogP contribution in [0.5, 0.6) is 0 Å². The number of hydrogen-bond donors (Lipinski definition) is 1. The van der Waals surface area contributed by atoms with Gasteiger partial charge in [-0.1, -0.05) is 27.2 Å². The number of aryl methyl sites for hydroxylation is 1. The monoisotopic (exact) mass is 251 g/mol. The van der Waals surface area contributed by atoms with Crippen molar-refractivity contribution in [3.63, 3.8) is 0 Å². The molecular weight excluding hydrogens is 226 g/mol. The van der Waals surface area contributed by atoms with E-state index in [2.05, 4.69) is 39.8 Å². The highest BCUT2D eigenvalue weighted by atomic mass is 32.1. The Bertz CT molecular complexity index is 382. The zero-order valence-corrected chi connectivity index (χ0v) is 12.3. The van der Waals surface area contributed by atoms with Crippen LogP contribution in [0, 0.1) is 24.7 Å². The van der Waals surface area contributed by atoms with Gasteiger partial charge in [0.1, 0.15) is 0 Å². The second-order valence-electron chi connectivity index (χ2n) is 6.19. The van der Waals surface area contributed by atoms with E-state index in [1.807, 2.05) is 11.3 Å². The summed E-state index contributed by atoms with van der Waals surface area (Å²) in [6.07, 6.45) is 3.77. The van der Waals surface area contributed by atoms with Gasteiger partial charge >= 0.3 is 0 Å². The molecule has 1 aromatic heterocycles. The third-order valence-corrected chi connectivity index (χ3v) is 5.52. The Hall–Kier alpha value is -0.340. The lowest BCUT2D eigenvalue weighted by molar-refractivity contribution is 0.111. The van der Waals surface area contributed by atoms with Gasteiger partial charge in [0.05, 0.1) is 5.54 Å². The molecule has 0 spiro atoms. The lowest BCUT2D eigenvalue weighted by Gasteiger charge is -2.45. The average Bonchev–Trinajstić information content (AvgIpc) is 2.64. The Labute approximate surface area is 109 Å². The van der Waals surface area contributed by atoms with Gasteiger partial charge in [-0.15, -0.1) is 11.3 Å². The quantitative estimate of drug-likeness (QED) is 0.833. The third-order valence-electron chi connectivity index (χ3n) is 4.32.